The van der Waals surface area contributed by atoms with Crippen LogP contribution in [-0.4, -0.2) is 23.2 Å². The molecule has 0 amide bonds. The molecule has 0 aliphatic carbocycles. The van der Waals surface area contributed by atoms with Crippen LogP contribution in [0.5, 0.6) is 0 Å². The van der Waals surface area contributed by atoms with Gasteiger partial charge in [-0.2, -0.15) is 0 Å². The first-order valence-electron chi connectivity index (χ1n) is 5.91. The van der Waals surface area contributed by atoms with E-state index in [-0.39, 0.29) is 18.2 Å². The van der Waals surface area contributed by atoms with Crippen LogP contribution in [0.2, 0.25) is 0 Å². The predicted octanol–water partition coefficient (Wildman–Crippen LogP) is 3.17. The van der Waals surface area contributed by atoms with Gasteiger partial charge in [-0.25, -0.2) is 8.78 Å². The number of hydrogen-bond acceptors (Lipinski definition) is 2. The van der Waals surface area contributed by atoms with E-state index < -0.39 is 12.5 Å². The third-order valence-corrected chi connectivity index (χ3v) is 3.25. The molecule has 1 aliphatic heterocycles. The van der Waals surface area contributed by atoms with Crippen molar-refractivity contribution in [1.82, 2.24) is 4.90 Å². The van der Waals surface area contributed by atoms with Gasteiger partial charge in [-0.3, -0.25) is 4.79 Å². The summed E-state index contributed by atoms with van der Waals surface area (Å²) < 4.78 is 26.0. The van der Waals surface area contributed by atoms with E-state index in [0.29, 0.717) is 0 Å². The van der Waals surface area contributed by atoms with Crippen LogP contribution in [0, 0.1) is 0 Å². The van der Waals surface area contributed by atoms with Gasteiger partial charge in [-0.05, 0) is 18.6 Å². The first-order valence-corrected chi connectivity index (χ1v) is 5.91. The number of carbonyl (C=O) groups excluding carboxylic acids is 1. The summed E-state index contributed by atoms with van der Waals surface area (Å²) in [6, 6.07) is 8.24. The van der Waals surface area contributed by atoms with Crippen LogP contribution in [0.3, 0.4) is 0 Å². The molecule has 96 valence electrons. The molecular weight excluding hydrogens is 236 g/mol. The molecule has 0 bridgehead atoms. The minimum absolute atomic E-state index is 0.120. The lowest BCUT2D eigenvalue weighted by Gasteiger charge is -2.37. The second kappa shape index (κ2) is 5.29. The highest BCUT2D eigenvalue weighted by Gasteiger charge is 2.33. The fraction of sp³-hybridized carbons (Fsp3) is 0.357. The Hall–Kier alpha value is -1.71. The molecule has 0 radical (unpaired) electrons. The van der Waals surface area contributed by atoms with Crippen molar-refractivity contribution >= 4 is 5.78 Å². The van der Waals surface area contributed by atoms with E-state index in [9.17, 15) is 13.6 Å². The van der Waals surface area contributed by atoms with Gasteiger partial charge in [-0.15, -0.1) is 0 Å². The van der Waals surface area contributed by atoms with Crippen molar-refractivity contribution in [3.63, 3.8) is 0 Å². The van der Waals surface area contributed by atoms with Gasteiger partial charge in [0.15, 0.2) is 5.78 Å². The first-order chi connectivity index (χ1) is 8.59. The fourth-order valence-corrected chi connectivity index (χ4v) is 2.20. The Kier molecular flexibility index (Phi) is 3.75. The van der Waals surface area contributed by atoms with Crippen molar-refractivity contribution in [1.29, 1.82) is 0 Å². The number of rotatable bonds is 3. The van der Waals surface area contributed by atoms with E-state index in [2.05, 4.69) is 0 Å². The highest BCUT2D eigenvalue weighted by Crippen LogP contribution is 2.29. The monoisotopic (exact) mass is 251 g/mol. The van der Waals surface area contributed by atoms with Crippen LogP contribution in [0.15, 0.2) is 42.6 Å². The van der Waals surface area contributed by atoms with Crippen molar-refractivity contribution in [2.75, 3.05) is 0 Å². The van der Waals surface area contributed by atoms with E-state index in [4.69, 9.17) is 0 Å². The Balaban J connectivity index is 2.25. The zero-order valence-corrected chi connectivity index (χ0v) is 10.1. The zero-order valence-electron chi connectivity index (χ0n) is 10.1. The van der Waals surface area contributed by atoms with E-state index in [1.165, 1.54) is 12.3 Å². The molecular formula is C14H15F2NO. The normalized spacial score (nSPS) is 21.4. The van der Waals surface area contributed by atoms with Gasteiger partial charge in [0, 0.05) is 12.6 Å². The molecule has 0 unspecified atom stereocenters. The van der Waals surface area contributed by atoms with Crippen LogP contribution < -0.4 is 0 Å². The van der Waals surface area contributed by atoms with Crippen LogP contribution in [0.1, 0.15) is 24.9 Å². The molecule has 2 nitrogen and oxygen atoms in total. The van der Waals surface area contributed by atoms with Crippen LogP contribution in [0.4, 0.5) is 8.78 Å². The van der Waals surface area contributed by atoms with Crippen molar-refractivity contribution in [3.05, 3.63) is 48.2 Å². The van der Waals surface area contributed by atoms with E-state index >= 15 is 0 Å². The molecule has 0 N–H and O–H groups in total. The highest BCUT2D eigenvalue weighted by molar-refractivity contribution is 5.90. The number of alkyl halides is 2. The largest absolute Gasteiger partial charge is 0.361 e. The summed E-state index contributed by atoms with van der Waals surface area (Å²) in [7, 11) is 0. The molecule has 1 aromatic rings. The quantitative estimate of drug-likeness (QED) is 0.822. The number of allylic oxidation sites excluding steroid dienone is 1. The van der Waals surface area contributed by atoms with E-state index in [1.807, 2.05) is 37.3 Å². The molecule has 1 aromatic carbocycles. The van der Waals surface area contributed by atoms with Gasteiger partial charge in [-0.1, -0.05) is 30.3 Å². The summed E-state index contributed by atoms with van der Waals surface area (Å²) in [5.41, 5.74) is 0.960. The number of ketones is 1. The number of carbonyl (C=O) groups is 1. The fourth-order valence-electron chi connectivity index (χ4n) is 2.20. The third kappa shape index (κ3) is 2.58. The second-order valence-corrected chi connectivity index (χ2v) is 4.42. The Morgan fingerprint density at radius 3 is 2.56 bits per heavy atom. The summed E-state index contributed by atoms with van der Waals surface area (Å²) in [4.78, 5) is 12.8. The average molecular weight is 251 g/mol. The van der Waals surface area contributed by atoms with Gasteiger partial charge in [0.1, 0.15) is 0 Å². The van der Waals surface area contributed by atoms with Crippen LogP contribution in [-0.2, 0) is 4.79 Å². The maximum Gasteiger partial charge on any atom is 0.259 e. The van der Waals surface area contributed by atoms with Crippen LogP contribution in [0.25, 0.3) is 0 Å². The van der Waals surface area contributed by atoms with Crippen molar-refractivity contribution in [2.45, 2.75) is 31.9 Å². The van der Waals surface area contributed by atoms with Gasteiger partial charge < -0.3 is 4.90 Å². The highest BCUT2D eigenvalue weighted by atomic mass is 19.3. The summed E-state index contributed by atoms with van der Waals surface area (Å²) in [5, 5.41) is 0. The molecule has 1 aliphatic rings. The summed E-state index contributed by atoms with van der Waals surface area (Å²) in [6.07, 6.45) is 0.217. The topological polar surface area (TPSA) is 20.3 Å². The molecule has 18 heavy (non-hydrogen) atoms. The predicted molar refractivity (Wildman–Crippen MR) is 65.3 cm³/mol. The van der Waals surface area contributed by atoms with Crippen molar-refractivity contribution < 1.29 is 13.6 Å². The molecule has 0 saturated carbocycles. The molecule has 0 spiro atoms. The molecule has 0 saturated heterocycles. The number of halogens is 2. The number of benzene rings is 1. The lowest BCUT2D eigenvalue weighted by Crippen LogP contribution is -2.42. The number of hydrogen-bond donors (Lipinski definition) is 0. The third-order valence-electron chi connectivity index (χ3n) is 3.25. The Labute approximate surface area is 105 Å². The maximum atomic E-state index is 13.0. The lowest BCUT2D eigenvalue weighted by atomic mass is 10.00. The summed E-state index contributed by atoms with van der Waals surface area (Å²) in [5.74, 6) is -0.239. The van der Waals surface area contributed by atoms with Crippen LogP contribution >= 0.6 is 0 Å². The van der Waals surface area contributed by atoms with Gasteiger partial charge >= 0.3 is 0 Å². The Bertz CT molecular complexity index is 444. The lowest BCUT2D eigenvalue weighted by molar-refractivity contribution is -0.118. The van der Waals surface area contributed by atoms with E-state index in [1.54, 1.807) is 4.90 Å². The minimum Gasteiger partial charge on any atom is -0.361 e. The van der Waals surface area contributed by atoms with E-state index in [0.717, 1.165) is 5.56 Å². The Morgan fingerprint density at radius 2 is 1.94 bits per heavy atom. The summed E-state index contributed by atoms with van der Waals surface area (Å²) >= 11 is 0. The molecule has 4 heteroatoms. The smallest absolute Gasteiger partial charge is 0.259 e. The molecule has 0 fully saturated rings. The average Bonchev–Trinajstić information content (AvgIpc) is 2.39. The second-order valence-electron chi connectivity index (χ2n) is 4.42. The zero-order chi connectivity index (χ0) is 13.1. The minimum atomic E-state index is -2.52. The molecule has 2 atom stereocenters. The SMILES string of the molecule is C[C@H](c1ccccc1)N1C=CC(=O)C[C@H]1C(F)F. The molecule has 2 rings (SSSR count). The maximum absolute atomic E-state index is 13.0. The molecule has 1 heterocycles. The molecule has 0 aromatic heterocycles. The van der Waals surface area contributed by atoms with Crippen molar-refractivity contribution in [3.8, 4) is 0 Å². The van der Waals surface area contributed by atoms with Gasteiger partial charge in [0.25, 0.3) is 6.43 Å². The standard InChI is InChI=1S/C14H15F2NO/c1-10(11-5-3-2-4-6-11)17-8-7-12(18)9-13(17)14(15)16/h2-8,10,13-14H,9H2,1H3/t10-,13+/m1/s1. The van der Waals surface area contributed by atoms with Crippen molar-refractivity contribution in [2.24, 2.45) is 0 Å². The number of nitrogens with zero attached hydrogens (tertiary/aromatic N) is 1. The Morgan fingerprint density at radius 1 is 1.28 bits per heavy atom. The van der Waals surface area contributed by atoms with Gasteiger partial charge in [0.05, 0.1) is 12.1 Å². The van der Waals surface area contributed by atoms with Gasteiger partial charge in [0.2, 0.25) is 0 Å². The summed E-state index contributed by atoms with van der Waals surface area (Å²) in [6.45, 7) is 1.87. The first kappa shape index (κ1) is 12.7.